The summed E-state index contributed by atoms with van der Waals surface area (Å²) in [4.78, 5) is 22.9. The van der Waals surface area contributed by atoms with E-state index in [9.17, 15) is 23.7 Å². The molecule has 0 atom stereocenters. The largest absolute Gasteiger partial charge is 0.337 e. The van der Waals surface area contributed by atoms with Crippen molar-refractivity contribution in [1.29, 1.82) is 0 Å². The molecule has 0 aliphatic rings. The van der Waals surface area contributed by atoms with Gasteiger partial charge in [0, 0.05) is 12.6 Å². The second-order valence-corrected chi connectivity index (χ2v) is 5.07. The average Bonchev–Trinajstić information content (AvgIpc) is 2.38. The lowest BCUT2D eigenvalue weighted by Crippen LogP contribution is -2.44. The number of hydrogen-bond acceptors (Lipinski definition) is 3. The summed E-state index contributed by atoms with van der Waals surface area (Å²) >= 11 is 0. The Morgan fingerprint density at radius 3 is 2.35 bits per heavy atom. The van der Waals surface area contributed by atoms with Gasteiger partial charge in [-0.15, -0.1) is 0 Å². The van der Waals surface area contributed by atoms with E-state index in [2.05, 4.69) is 0 Å². The molecule has 0 saturated heterocycles. The van der Waals surface area contributed by atoms with Crippen LogP contribution in [0.1, 0.15) is 37.6 Å². The van der Waals surface area contributed by atoms with Gasteiger partial charge in [-0.2, -0.15) is 4.39 Å². The fraction of sp³-hybridized carbons (Fsp3) is 0.462. The maximum atomic E-state index is 13.8. The molecule has 110 valence electrons. The first-order valence-corrected chi connectivity index (χ1v) is 6.03. The molecule has 0 radical (unpaired) electrons. The smallest absolute Gasteiger partial charge is 0.307 e. The van der Waals surface area contributed by atoms with Crippen molar-refractivity contribution < 1.29 is 18.5 Å². The normalized spacial score (nSPS) is 11.3. The molecule has 0 spiro atoms. The van der Waals surface area contributed by atoms with Crippen molar-refractivity contribution in [3.63, 3.8) is 0 Å². The molecule has 1 rings (SSSR count). The van der Waals surface area contributed by atoms with Gasteiger partial charge in [-0.1, -0.05) is 6.92 Å². The number of nitro benzene ring substituents is 1. The van der Waals surface area contributed by atoms with Gasteiger partial charge in [-0.25, -0.2) is 4.39 Å². The van der Waals surface area contributed by atoms with Crippen molar-refractivity contribution in [2.75, 3.05) is 7.05 Å². The zero-order valence-electron chi connectivity index (χ0n) is 11.7. The predicted octanol–water partition coefficient (Wildman–Crippen LogP) is 3.13. The number of hydrogen-bond donors (Lipinski definition) is 0. The molecule has 1 aromatic rings. The Bertz CT molecular complexity index is 559. The number of nitrogens with zero attached hydrogens (tertiary/aromatic N) is 2. The van der Waals surface area contributed by atoms with Gasteiger partial charge in [0.05, 0.1) is 16.6 Å². The first kappa shape index (κ1) is 16.0. The molecule has 0 unspecified atom stereocenters. The van der Waals surface area contributed by atoms with Gasteiger partial charge >= 0.3 is 5.69 Å². The van der Waals surface area contributed by atoms with Crippen LogP contribution in [0.4, 0.5) is 14.5 Å². The molecule has 0 N–H and O–H groups in total. The van der Waals surface area contributed by atoms with Gasteiger partial charge in [-0.3, -0.25) is 14.9 Å². The van der Waals surface area contributed by atoms with Crippen molar-refractivity contribution >= 4 is 11.6 Å². The second kappa shape index (κ2) is 5.52. The molecule has 0 aliphatic carbocycles. The number of nitro groups is 1. The standard InChI is InChI=1S/C13H16F2N2O3/c1-5-13(2,3)16(4)12(18)8-6-10(15)11(17(19)20)7-9(8)14/h6-7H,5H2,1-4H3. The first-order valence-electron chi connectivity index (χ1n) is 6.03. The quantitative estimate of drug-likeness (QED) is 0.631. The second-order valence-electron chi connectivity index (χ2n) is 5.07. The fourth-order valence-electron chi connectivity index (χ4n) is 1.53. The van der Waals surface area contributed by atoms with Crippen LogP contribution in [0.5, 0.6) is 0 Å². The third kappa shape index (κ3) is 2.92. The number of halogens is 2. The highest BCUT2D eigenvalue weighted by Gasteiger charge is 2.30. The van der Waals surface area contributed by atoms with Crippen LogP contribution in [0, 0.1) is 21.7 Å². The van der Waals surface area contributed by atoms with Crippen LogP contribution < -0.4 is 0 Å². The highest BCUT2D eigenvalue weighted by molar-refractivity contribution is 5.95. The summed E-state index contributed by atoms with van der Waals surface area (Å²) < 4.78 is 27.3. The van der Waals surface area contributed by atoms with Crippen LogP contribution in [0.15, 0.2) is 12.1 Å². The summed E-state index contributed by atoms with van der Waals surface area (Å²) in [5, 5.41) is 10.5. The molecule has 0 heterocycles. The van der Waals surface area contributed by atoms with E-state index < -0.39 is 39.3 Å². The predicted molar refractivity (Wildman–Crippen MR) is 69.5 cm³/mol. The summed E-state index contributed by atoms with van der Waals surface area (Å²) in [7, 11) is 1.48. The number of amides is 1. The zero-order chi connectivity index (χ0) is 15.7. The summed E-state index contributed by atoms with van der Waals surface area (Å²) in [6.07, 6.45) is 0.617. The summed E-state index contributed by atoms with van der Waals surface area (Å²) in [6.45, 7) is 5.42. The lowest BCUT2D eigenvalue weighted by molar-refractivity contribution is -0.387. The van der Waals surface area contributed by atoms with Crippen LogP contribution in [-0.2, 0) is 0 Å². The van der Waals surface area contributed by atoms with Crippen molar-refractivity contribution in [2.45, 2.75) is 32.7 Å². The van der Waals surface area contributed by atoms with Crippen molar-refractivity contribution in [1.82, 2.24) is 4.90 Å². The van der Waals surface area contributed by atoms with E-state index in [0.717, 1.165) is 0 Å². The molecule has 1 aromatic carbocycles. The molecular formula is C13H16F2N2O3. The zero-order valence-corrected chi connectivity index (χ0v) is 11.7. The van der Waals surface area contributed by atoms with Crippen LogP contribution in [0.25, 0.3) is 0 Å². The van der Waals surface area contributed by atoms with Gasteiger partial charge in [-0.05, 0) is 26.3 Å². The van der Waals surface area contributed by atoms with Crippen LogP contribution in [0.2, 0.25) is 0 Å². The minimum atomic E-state index is -1.23. The van der Waals surface area contributed by atoms with E-state index in [4.69, 9.17) is 0 Å². The molecule has 0 aromatic heterocycles. The Morgan fingerprint density at radius 2 is 1.90 bits per heavy atom. The van der Waals surface area contributed by atoms with Gasteiger partial charge in [0.15, 0.2) is 0 Å². The third-order valence-electron chi connectivity index (χ3n) is 3.54. The van der Waals surface area contributed by atoms with E-state index in [1.807, 2.05) is 6.92 Å². The number of benzene rings is 1. The van der Waals surface area contributed by atoms with E-state index in [1.54, 1.807) is 13.8 Å². The summed E-state index contributed by atoms with van der Waals surface area (Å²) in [6, 6.07) is 0.993. The van der Waals surface area contributed by atoms with Crippen molar-refractivity contribution in [2.24, 2.45) is 0 Å². The van der Waals surface area contributed by atoms with Gasteiger partial charge in [0.2, 0.25) is 5.82 Å². The Morgan fingerprint density at radius 1 is 1.35 bits per heavy atom. The number of carbonyl (C=O) groups is 1. The molecule has 20 heavy (non-hydrogen) atoms. The van der Waals surface area contributed by atoms with E-state index in [0.29, 0.717) is 18.6 Å². The van der Waals surface area contributed by atoms with Gasteiger partial charge < -0.3 is 4.90 Å². The Balaban J connectivity index is 3.25. The van der Waals surface area contributed by atoms with E-state index in [-0.39, 0.29) is 0 Å². The van der Waals surface area contributed by atoms with Gasteiger partial charge in [0.1, 0.15) is 5.82 Å². The molecule has 0 fully saturated rings. The number of rotatable bonds is 4. The molecule has 0 saturated carbocycles. The topological polar surface area (TPSA) is 63.5 Å². The Kier molecular flexibility index (Phi) is 4.42. The Hall–Kier alpha value is -2.05. The number of carbonyl (C=O) groups excluding carboxylic acids is 1. The molecule has 0 aliphatic heterocycles. The lowest BCUT2D eigenvalue weighted by atomic mass is 9.98. The highest BCUT2D eigenvalue weighted by Crippen LogP contribution is 2.25. The summed E-state index contributed by atoms with van der Waals surface area (Å²) in [5.74, 6) is -3.06. The highest BCUT2D eigenvalue weighted by atomic mass is 19.1. The summed E-state index contributed by atoms with van der Waals surface area (Å²) in [5.41, 5.74) is -2.05. The maximum Gasteiger partial charge on any atom is 0.307 e. The maximum absolute atomic E-state index is 13.8. The molecule has 1 amide bonds. The third-order valence-corrected chi connectivity index (χ3v) is 3.54. The van der Waals surface area contributed by atoms with Crippen molar-refractivity contribution in [3.8, 4) is 0 Å². The SMILES string of the molecule is CCC(C)(C)N(C)C(=O)c1cc(F)c([N+](=O)[O-])cc1F. The van der Waals surface area contributed by atoms with Crippen LogP contribution in [-0.4, -0.2) is 28.3 Å². The molecule has 5 nitrogen and oxygen atoms in total. The average molecular weight is 286 g/mol. The molecular weight excluding hydrogens is 270 g/mol. The van der Waals surface area contributed by atoms with E-state index >= 15 is 0 Å². The van der Waals surface area contributed by atoms with Gasteiger partial charge in [0.25, 0.3) is 5.91 Å². The molecule has 7 heteroatoms. The molecule has 0 bridgehead atoms. The minimum Gasteiger partial charge on any atom is -0.337 e. The fourth-order valence-corrected chi connectivity index (χ4v) is 1.53. The Labute approximate surface area is 115 Å². The minimum absolute atomic E-state index is 0.426. The lowest BCUT2D eigenvalue weighted by Gasteiger charge is -2.35. The first-order chi connectivity index (χ1) is 9.11. The van der Waals surface area contributed by atoms with Crippen LogP contribution in [0.3, 0.4) is 0 Å². The van der Waals surface area contributed by atoms with E-state index in [1.165, 1.54) is 11.9 Å². The monoisotopic (exact) mass is 286 g/mol. The van der Waals surface area contributed by atoms with Crippen LogP contribution >= 0.6 is 0 Å². The van der Waals surface area contributed by atoms with Crippen molar-refractivity contribution in [3.05, 3.63) is 39.4 Å².